The van der Waals surface area contributed by atoms with Gasteiger partial charge in [0.15, 0.2) is 11.6 Å². The van der Waals surface area contributed by atoms with Crippen molar-refractivity contribution < 1.29 is 13.8 Å². The van der Waals surface area contributed by atoms with E-state index in [0.29, 0.717) is 49.8 Å². The predicted molar refractivity (Wildman–Crippen MR) is 84.1 cm³/mol. The Morgan fingerprint density at radius 2 is 2.08 bits per heavy atom. The summed E-state index contributed by atoms with van der Waals surface area (Å²) in [4.78, 5) is 13.3. The zero-order valence-corrected chi connectivity index (χ0v) is 14.4. The molecule has 24 heavy (non-hydrogen) atoms. The minimum absolute atomic E-state index is 0.458. The molecule has 0 aliphatic carbocycles. The first-order valence-electron chi connectivity index (χ1n) is 8.16. The number of rotatable bonds is 8. The van der Waals surface area contributed by atoms with Crippen LogP contribution in [0.25, 0.3) is 0 Å². The zero-order valence-electron chi connectivity index (χ0n) is 14.4. The molecule has 9 heteroatoms. The summed E-state index contributed by atoms with van der Waals surface area (Å²) in [5.74, 6) is 2.70. The summed E-state index contributed by atoms with van der Waals surface area (Å²) in [6.45, 7) is 5.76. The Morgan fingerprint density at radius 1 is 1.25 bits per heavy atom. The van der Waals surface area contributed by atoms with Crippen molar-refractivity contribution >= 4 is 0 Å². The number of methoxy groups -OCH3 is 1. The summed E-state index contributed by atoms with van der Waals surface area (Å²) in [7, 11) is 3.76. The third-order valence-electron chi connectivity index (χ3n) is 4.23. The molecule has 3 heterocycles. The van der Waals surface area contributed by atoms with Crippen LogP contribution in [0.2, 0.25) is 0 Å². The number of aryl methyl sites for hydroxylation is 1. The van der Waals surface area contributed by atoms with Crippen molar-refractivity contribution in [2.75, 3.05) is 33.9 Å². The minimum Gasteiger partial charge on any atom is -0.384 e. The van der Waals surface area contributed by atoms with E-state index in [9.17, 15) is 0 Å². The fraction of sp³-hybridized carbons (Fsp3) is 0.733. The molecule has 0 unspecified atom stereocenters. The van der Waals surface area contributed by atoms with Crippen molar-refractivity contribution in [3.8, 4) is 0 Å². The van der Waals surface area contributed by atoms with E-state index in [4.69, 9.17) is 13.8 Å². The maximum absolute atomic E-state index is 5.31. The van der Waals surface area contributed by atoms with E-state index in [1.807, 2.05) is 0 Å². The number of aromatic nitrogens is 4. The molecule has 2 aromatic rings. The van der Waals surface area contributed by atoms with Crippen LogP contribution in [0.1, 0.15) is 29.9 Å². The van der Waals surface area contributed by atoms with E-state index >= 15 is 0 Å². The van der Waals surface area contributed by atoms with Gasteiger partial charge >= 0.3 is 0 Å². The third kappa shape index (κ3) is 4.37. The highest BCUT2D eigenvalue weighted by Gasteiger charge is 2.27. The smallest absolute Gasteiger partial charge is 0.240 e. The largest absolute Gasteiger partial charge is 0.384 e. The number of hydrogen-bond acceptors (Lipinski definition) is 9. The van der Waals surface area contributed by atoms with Crippen LogP contribution in [0, 0.1) is 6.92 Å². The summed E-state index contributed by atoms with van der Waals surface area (Å²) >= 11 is 0. The Bertz CT molecular complexity index is 643. The lowest BCUT2D eigenvalue weighted by Crippen LogP contribution is -2.34. The van der Waals surface area contributed by atoms with Gasteiger partial charge in [-0.3, -0.25) is 9.80 Å². The number of likely N-dealkylation sites (N-methyl/N-ethyl adjacent to an activating group) is 1. The van der Waals surface area contributed by atoms with Crippen LogP contribution in [-0.4, -0.2) is 70.0 Å². The van der Waals surface area contributed by atoms with Gasteiger partial charge in [0.05, 0.1) is 19.7 Å². The SMILES string of the molecule is COCCc1noc(CN2CC[C@H](N(C)Cc3noc(C)n3)C2)n1. The summed E-state index contributed by atoms with van der Waals surface area (Å²) in [6.07, 6.45) is 1.77. The maximum Gasteiger partial charge on any atom is 0.240 e. The van der Waals surface area contributed by atoms with Gasteiger partial charge in [-0.2, -0.15) is 9.97 Å². The Kier molecular flexibility index (Phi) is 5.54. The first-order valence-corrected chi connectivity index (χ1v) is 8.16. The lowest BCUT2D eigenvalue weighted by atomic mass is 10.2. The molecular formula is C15H24N6O3. The van der Waals surface area contributed by atoms with Gasteiger partial charge in [-0.25, -0.2) is 0 Å². The third-order valence-corrected chi connectivity index (χ3v) is 4.23. The van der Waals surface area contributed by atoms with Crippen LogP contribution in [0.3, 0.4) is 0 Å². The lowest BCUT2D eigenvalue weighted by molar-refractivity contribution is 0.199. The molecule has 132 valence electrons. The van der Waals surface area contributed by atoms with Crippen LogP contribution in [0.15, 0.2) is 9.05 Å². The molecule has 1 atom stereocenters. The van der Waals surface area contributed by atoms with Crippen LogP contribution in [0.4, 0.5) is 0 Å². The highest BCUT2D eigenvalue weighted by molar-refractivity contribution is 4.91. The standard InChI is InChI=1S/C15H24N6O3/c1-11-16-14(19-23-11)9-20(2)12-4-6-21(8-12)10-15-17-13(18-24-15)5-7-22-3/h12H,4-10H2,1-3H3/t12-/m0/s1. The van der Waals surface area contributed by atoms with Gasteiger partial charge in [0.25, 0.3) is 0 Å². The highest BCUT2D eigenvalue weighted by atomic mass is 16.5. The lowest BCUT2D eigenvalue weighted by Gasteiger charge is -2.22. The Hall–Kier alpha value is -1.84. The van der Waals surface area contributed by atoms with E-state index in [0.717, 1.165) is 25.3 Å². The molecule has 1 aliphatic heterocycles. The number of ether oxygens (including phenoxy) is 1. The van der Waals surface area contributed by atoms with E-state index in [2.05, 4.69) is 37.1 Å². The van der Waals surface area contributed by atoms with Crippen molar-refractivity contribution in [1.29, 1.82) is 0 Å². The van der Waals surface area contributed by atoms with Crippen molar-refractivity contribution in [3.05, 3.63) is 23.4 Å². The van der Waals surface area contributed by atoms with Gasteiger partial charge in [0, 0.05) is 39.6 Å². The molecule has 0 radical (unpaired) electrons. The first-order chi connectivity index (χ1) is 11.6. The summed E-state index contributed by atoms with van der Waals surface area (Å²) in [5.41, 5.74) is 0. The minimum atomic E-state index is 0.458. The second kappa shape index (κ2) is 7.82. The molecular weight excluding hydrogens is 312 g/mol. The average Bonchev–Trinajstić information content (AvgIpc) is 3.28. The zero-order chi connectivity index (χ0) is 16.9. The Balaban J connectivity index is 1.47. The number of nitrogens with zero attached hydrogens (tertiary/aromatic N) is 6. The van der Waals surface area contributed by atoms with E-state index < -0.39 is 0 Å². The normalized spacial score (nSPS) is 18.8. The molecule has 0 N–H and O–H groups in total. The summed E-state index contributed by atoms with van der Waals surface area (Å²) in [6, 6.07) is 0.458. The molecule has 0 amide bonds. The second-order valence-electron chi connectivity index (χ2n) is 6.17. The summed E-state index contributed by atoms with van der Waals surface area (Å²) < 4.78 is 15.4. The van der Waals surface area contributed by atoms with E-state index in [-0.39, 0.29) is 0 Å². The predicted octanol–water partition coefficient (Wildman–Crippen LogP) is 0.656. The number of likely N-dealkylation sites (tertiary alicyclic amines) is 1. The van der Waals surface area contributed by atoms with Crippen LogP contribution in [-0.2, 0) is 24.2 Å². The van der Waals surface area contributed by atoms with Gasteiger partial charge < -0.3 is 13.8 Å². The Labute approximate surface area is 141 Å². The van der Waals surface area contributed by atoms with Crippen molar-refractivity contribution in [2.24, 2.45) is 0 Å². The van der Waals surface area contributed by atoms with Gasteiger partial charge in [-0.15, -0.1) is 0 Å². The topological polar surface area (TPSA) is 93.6 Å². The Morgan fingerprint density at radius 3 is 2.83 bits per heavy atom. The van der Waals surface area contributed by atoms with Crippen molar-refractivity contribution in [1.82, 2.24) is 30.1 Å². The van der Waals surface area contributed by atoms with Gasteiger partial charge in [0.1, 0.15) is 0 Å². The van der Waals surface area contributed by atoms with E-state index in [1.165, 1.54) is 0 Å². The molecule has 1 aliphatic rings. The van der Waals surface area contributed by atoms with Crippen LogP contribution in [0.5, 0.6) is 0 Å². The number of hydrogen-bond donors (Lipinski definition) is 0. The van der Waals surface area contributed by atoms with Gasteiger partial charge in [-0.1, -0.05) is 10.3 Å². The molecule has 9 nitrogen and oxygen atoms in total. The van der Waals surface area contributed by atoms with Crippen molar-refractivity contribution in [2.45, 2.75) is 38.9 Å². The molecule has 1 fully saturated rings. The second-order valence-corrected chi connectivity index (χ2v) is 6.17. The first kappa shape index (κ1) is 17.0. The quantitative estimate of drug-likeness (QED) is 0.689. The molecule has 0 aromatic carbocycles. The molecule has 3 rings (SSSR count). The monoisotopic (exact) mass is 336 g/mol. The van der Waals surface area contributed by atoms with Crippen LogP contribution < -0.4 is 0 Å². The molecule has 0 bridgehead atoms. The van der Waals surface area contributed by atoms with Crippen molar-refractivity contribution in [3.63, 3.8) is 0 Å². The summed E-state index contributed by atoms with van der Waals surface area (Å²) in [5, 5.41) is 7.93. The molecule has 2 aromatic heterocycles. The average molecular weight is 336 g/mol. The highest BCUT2D eigenvalue weighted by Crippen LogP contribution is 2.18. The molecule has 0 saturated carbocycles. The van der Waals surface area contributed by atoms with E-state index in [1.54, 1.807) is 14.0 Å². The maximum atomic E-state index is 5.31. The fourth-order valence-electron chi connectivity index (χ4n) is 2.91. The van der Waals surface area contributed by atoms with Crippen LogP contribution >= 0.6 is 0 Å². The fourth-order valence-corrected chi connectivity index (χ4v) is 2.91. The van der Waals surface area contributed by atoms with Gasteiger partial charge in [0.2, 0.25) is 11.8 Å². The molecule has 1 saturated heterocycles. The van der Waals surface area contributed by atoms with Gasteiger partial charge in [-0.05, 0) is 13.5 Å². The molecule has 0 spiro atoms.